The highest BCUT2D eigenvalue weighted by Gasteiger charge is 2.19. The van der Waals surface area contributed by atoms with Crippen LogP contribution in [0.25, 0.3) is 49.9 Å². The van der Waals surface area contributed by atoms with Gasteiger partial charge in [-0.25, -0.2) is 14.8 Å². The Morgan fingerprint density at radius 3 is 2.50 bits per heavy atom. The Balaban J connectivity index is 1.81. The van der Waals surface area contributed by atoms with Gasteiger partial charge in [-0.05, 0) is 42.5 Å². The number of imidazole rings is 1. The number of fused-ring (bicyclic) bond motifs is 6. The molecule has 0 radical (unpaired) electrons. The van der Waals surface area contributed by atoms with E-state index in [1.807, 2.05) is 52.9 Å². The van der Waals surface area contributed by atoms with Crippen molar-refractivity contribution in [1.82, 2.24) is 14.4 Å². The standard InChI is InChI=1S/C23H11Cl2N3O2/c24-15-10-9-12-11-14(23(29)30-20(12)19(15)25)22-26-16-6-2-1-5-13(16)21-27-17-7-3-4-8-18(17)28(21)22/h1-11H. The number of aromatic nitrogens is 3. The van der Waals surface area contributed by atoms with Gasteiger partial charge < -0.3 is 4.42 Å². The zero-order valence-electron chi connectivity index (χ0n) is 15.3. The van der Waals surface area contributed by atoms with Crippen molar-refractivity contribution in [2.45, 2.75) is 0 Å². The number of hydrogen-bond donors (Lipinski definition) is 0. The van der Waals surface area contributed by atoms with E-state index >= 15 is 0 Å². The molecule has 0 N–H and O–H groups in total. The fraction of sp³-hybridized carbons (Fsp3) is 0. The third-order valence-corrected chi connectivity index (χ3v) is 5.97. The third kappa shape index (κ3) is 2.39. The molecule has 7 heteroatoms. The quantitative estimate of drug-likeness (QED) is 0.294. The molecule has 6 aromatic rings. The zero-order valence-corrected chi connectivity index (χ0v) is 16.8. The van der Waals surface area contributed by atoms with E-state index in [4.69, 9.17) is 37.6 Å². The molecule has 0 spiro atoms. The highest BCUT2D eigenvalue weighted by molar-refractivity contribution is 6.44. The summed E-state index contributed by atoms with van der Waals surface area (Å²) in [7, 11) is 0. The lowest BCUT2D eigenvalue weighted by Gasteiger charge is -2.09. The van der Waals surface area contributed by atoms with Crippen molar-refractivity contribution < 1.29 is 4.42 Å². The Labute approximate surface area is 179 Å². The fourth-order valence-corrected chi connectivity index (χ4v) is 4.17. The predicted octanol–water partition coefficient (Wildman–Crippen LogP) is 6.12. The third-order valence-electron chi connectivity index (χ3n) is 5.18. The highest BCUT2D eigenvalue weighted by Crippen LogP contribution is 2.33. The van der Waals surface area contributed by atoms with Gasteiger partial charge in [0, 0.05) is 10.8 Å². The van der Waals surface area contributed by atoms with E-state index in [-0.39, 0.29) is 10.6 Å². The van der Waals surface area contributed by atoms with Crippen LogP contribution in [-0.2, 0) is 0 Å². The molecule has 0 saturated heterocycles. The van der Waals surface area contributed by atoms with E-state index < -0.39 is 5.63 Å². The van der Waals surface area contributed by atoms with Gasteiger partial charge >= 0.3 is 5.63 Å². The number of halogens is 2. The molecule has 5 nitrogen and oxygen atoms in total. The second-order valence-electron chi connectivity index (χ2n) is 6.94. The summed E-state index contributed by atoms with van der Waals surface area (Å²) in [6.07, 6.45) is 0. The average molecular weight is 432 g/mol. The molecule has 144 valence electrons. The van der Waals surface area contributed by atoms with E-state index in [0.717, 1.165) is 27.6 Å². The first kappa shape index (κ1) is 17.4. The van der Waals surface area contributed by atoms with Gasteiger partial charge in [0.2, 0.25) is 0 Å². The Hall–Kier alpha value is -3.41. The van der Waals surface area contributed by atoms with Gasteiger partial charge in [-0.15, -0.1) is 0 Å². The van der Waals surface area contributed by atoms with Crippen molar-refractivity contribution in [1.29, 1.82) is 0 Å². The minimum absolute atomic E-state index is 0.211. The summed E-state index contributed by atoms with van der Waals surface area (Å²) < 4.78 is 7.46. The van der Waals surface area contributed by atoms with E-state index in [1.54, 1.807) is 18.2 Å². The second kappa shape index (κ2) is 6.29. The molecule has 0 unspecified atom stereocenters. The van der Waals surface area contributed by atoms with Crippen LogP contribution in [0.2, 0.25) is 10.0 Å². The average Bonchev–Trinajstić information content (AvgIpc) is 3.16. The molecular weight excluding hydrogens is 421 g/mol. The minimum atomic E-state index is -0.548. The van der Waals surface area contributed by atoms with Crippen molar-refractivity contribution in [2.24, 2.45) is 0 Å². The number of nitrogens with zero attached hydrogens (tertiary/aromatic N) is 3. The minimum Gasteiger partial charge on any atom is -0.421 e. The molecule has 3 aromatic carbocycles. The molecule has 0 atom stereocenters. The van der Waals surface area contributed by atoms with Gasteiger partial charge in [0.1, 0.15) is 16.2 Å². The Morgan fingerprint density at radius 1 is 0.867 bits per heavy atom. The van der Waals surface area contributed by atoms with Crippen molar-refractivity contribution in [3.63, 3.8) is 0 Å². The molecule has 0 saturated carbocycles. The van der Waals surface area contributed by atoms with Gasteiger partial charge in [-0.1, -0.05) is 47.5 Å². The van der Waals surface area contributed by atoms with Crippen LogP contribution in [0.1, 0.15) is 0 Å². The van der Waals surface area contributed by atoms with Crippen molar-refractivity contribution in [3.05, 3.63) is 87.2 Å². The van der Waals surface area contributed by atoms with E-state index in [2.05, 4.69) is 0 Å². The molecule has 3 heterocycles. The Bertz CT molecular complexity index is 1700. The second-order valence-corrected chi connectivity index (χ2v) is 7.72. The topological polar surface area (TPSA) is 60.4 Å². The summed E-state index contributed by atoms with van der Waals surface area (Å²) in [5.74, 6) is 0.458. The van der Waals surface area contributed by atoms with Crippen LogP contribution in [-0.4, -0.2) is 14.4 Å². The Kier molecular flexibility index (Phi) is 3.66. The van der Waals surface area contributed by atoms with Crippen molar-refractivity contribution in [3.8, 4) is 11.4 Å². The molecule has 30 heavy (non-hydrogen) atoms. The van der Waals surface area contributed by atoms with Gasteiger partial charge in [-0.3, -0.25) is 4.40 Å². The van der Waals surface area contributed by atoms with Crippen LogP contribution in [0, 0.1) is 0 Å². The largest absolute Gasteiger partial charge is 0.421 e. The zero-order chi connectivity index (χ0) is 20.4. The molecule has 6 rings (SSSR count). The van der Waals surface area contributed by atoms with Gasteiger partial charge in [0.15, 0.2) is 11.4 Å². The Morgan fingerprint density at radius 2 is 1.63 bits per heavy atom. The van der Waals surface area contributed by atoms with E-state index in [1.165, 1.54) is 0 Å². The lowest BCUT2D eigenvalue weighted by Crippen LogP contribution is -2.08. The predicted molar refractivity (Wildman–Crippen MR) is 119 cm³/mol. The van der Waals surface area contributed by atoms with Crippen molar-refractivity contribution >= 4 is 61.8 Å². The van der Waals surface area contributed by atoms with Crippen LogP contribution in [0.3, 0.4) is 0 Å². The molecule has 0 amide bonds. The number of para-hydroxylation sites is 3. The molecule has 3 aromatic heterocycles. The summed E-state index contributed by atoms with van der Waals surface area (Å²) in [6, 6.07) is 20.6. The van der Waals surface area contributed by atoms with Crippen molar-refractivity contribution in [2.75, 3.05) is 0 Å². The van der Waals surface area contributed by atoms with Crippen LogP contribution in [0.4, 0.5) is 0 Å². The summed E-state index contributed by atoms with van der Waals surface area (Å²) in [5, 5.41) is 2.10. The molecular formula is C23H11Cl2N3O2. The van der Waals surface area contributed by atoms with E-state index in [9.17, 15) is 4.79 Å². The molecule has 0 aliphatic carbocycles. The van der Waals surface area contributed by atoms with Crippen LogP contribution >= 0.6 is 23.2 Å². The monoisotopic (exact) mass is 431 g/mol. The van der Waals surface area contributed by atoms with Crippen LogP contribution < -0.4 is 5.63 Å². The first-order chi connectivity index (χ1) is 14.6. The molecule has 0 aliphatic heterocycles. The smallest absolute Gasteiger partial charge is 0.347 e. The van der Waals surface area contributed by atoms with Gasteiger partial charge in [-0.2, -0.15) is 0 Å². The molecule has 0 bridgehead atoms. The summed E-state index contributed by atoms with van der Waals surface area (Å²) in [6.45, 7) is 0. The first-order valence-corrected chi connectivity index (χ1v) is 9.95. The maximum atomic E-state index is 13.0. The maximum absolute atomic E-state index is 13.0. The lowest BCUT2D eigenvalue weighted by molar-refractivity contribution is 0.563. The number of benzene rings is 3. The fourth-order valence-electron chi connectivity index (χ4n) is 3.81. The van der Waals surface area contributed by atoms with E-state index in [0.29, 0.717) is 21.8 Å². The summed E-state index contributed by atoms with van der Waals surface area (Å²) >= 11 is 12.3. The molecule has 0 fully saturated rings. The summed E-state index contributed by atoms with van der Waals surface area (Å²) in [4.78, 5) is 22.6. The normalized spacial score (nSPS) is 11.8. The van der Waals surface area contributed by atoms with Gasteiger partial charge in [0.25, 0.3) is 0 Å². The van der Waals surface area contributed by atoms with Crippen LogP contribution in [0.5, 0.6) is 0 Å². The lowest BCUT2D eigenvalue weighted by atomic mass is 10.1. The maximum Gasteiger partial charge on any atom is 0.347 e. The van der Waals surface area contributed by atoms with Gasteiger partial charge in [0.05, 0.1) is 21.6 Å². The first-order valence-electron chi connectivity index (χ1n) is 9.20. The summed E-state index contributed by atoms with van der Waals surface area (Å²) in [5.41, 5.74) is 3.17. The number of hydrogen-bond acceptors (Lipinski definition) is 4. The SMILES string of the molecule is O=c1oc2c(Cl)c(Cl)ccc2cc1-c1nc2ccccc2c2nc3ccccc3n12. The highest BCUT2D eigenvalue weighted by atomic mass is 35.5. The number of rotatable bonds is 1. The molecule has 0 aliphatic rings. The van der Waals surface area contributed by atoms with Crippen LogP contribution in [0.15, 0.2) is 75.9 Å².